The normalized spacial score (nSPS) is 17.2. The summed E-state index contributed by atoms with van der Waals surface area (Å²) in [6.07, 6.45) is 0.946. The second kappa shape index (κ2) is 7.98. The van der Waals surface area contributed by atoms with Crippen molar-refractivity contribution in [1.29, 1.82) is 0 Å². The molecule has 1 heterocycles. The van der Waals surface area contributed by atoms with Gasteiger partial charge in [0.2, 0.25) is 11.8 Å². The van der Waals surface area contributed by atoms with Crippen molar-refractivity contribution in [2.24, 2.45) is 5.92 Å². The van der Waals surface area contributed by atoms with Gasteiger partial charge < -0.3 is 25.3 Å². The Labute approximate surface area is 146 Å². The Morgan fingerprint density at radius 2 is 2.08 bits per heavy atom. The lowest BCUT2D eigenvalue weighted by Gasteiger charge is -2.18. The smallest absolute Gasteiger partial charge is 0.335 e. The number of carbonyl (C=O) groups is 3. The minimum Gasteiger partial charge on any atom is -0.506 e. The first-order valence-electron chi connectivity index (χ1n) is 8.07. The average molecular weight is 349 g/mol. The number of hydrogen-bond donors (Lipinski definition) is 3. The van der Waals surface area contributed by atoms with Crippen molar-refractivity contribution in [3.8, 4) is 5.75 Å². The Balaban J connectivity index is 1.97. The Hall–Kier alpha value is -2.61. The number of rotatable bonds is 7. The fourth-order valence-electron chi connectivity index (χ4n) is 2.75. The van der Waals surface area contributed by atoms with Crippen LogP contribution in [0.25, 0.3) is 0 Å². The zero-order valence-corrected chi connectivity index (χ0v) is 14.4. The molecule has 2 rings (SSSR count). The van der Waals surface area contributed by atoms with E-state index in [-0.39, 0.29) is 29.3 Å². The molecule has 1 atom stereocenters. The first kappa shape index (κ1) is 18.7. The number of carboxylic acids is 1. The van der Waals surface area contributed by atoms with Crippen LogP contribution in [-0.4, -0.2) is 71.5 Å². The molecule has 0 aromatic heterocycles. The maximum atomic E-state index is 12.4. The Morgan fingerprint density at radius 3 is 2.72 bits per heavy atom. The summed E-state index contributed by atoms with van der Waals surface area (Å²) in [5.74, 6) is -2.35. The molecule has 1 fully saturated rings. The van der Waals surface area contributed by atoms with E-state index in [0.29, 0.717) is 13.1 Å². The van der Waals surface area contributed by atoms with Crippen molar-refractivity contribution in [2.75, 3.05) is 39.0 Å². The van der Waals surface area contributed by atoms with E-state index in [9.17, 15) is 19.5 Å². The van der Waals surface area contributed by atoms with Gasteiger partial charge in [0, 0.05) is 19.5 Å². The van der Waals surface area contributed by atoms with Crippen LogP contribution >= 0.6 is 0 Å². The van der Waals surface area contributed by atoms with Gasteiger partial charge in [-0.2, -0.15) is 0 Å². The molecule has 0 radical (unpaired) electrons. The van der Waals surface area contributed by atoms with E-state index in [1.807, 2.05) is 19.0 Å². The molecular weight excluding hydrogens is 326 g/mol. The number of carbonyl (C=O) groups excluding carboxylic acids is 2. The number of carboxylic acid groups (broad SMARTS) is 1. The minimum absolute atomic E-state index is 0.0309. The van der Waals surface area contributed by atoms with Gasteiger partial charge in [0.05, 0.1) is 17.2 Å². The van der Waals surface area contributed by atoms with Crippen molar-refractivity contribution in [3.63, 3.8) is 0 Å². The Bertz CT molecular complexity index is 674. The molecule has 25 heavy (non-hydrogen) atoms. The van der Waals surface area contributed by atoms with Crippen molar-refractivity contribution in [3.05, 3.63) is 23.8 Å². The van der Waals surface area contributed by atoms with Crippen LogP contribution in [0.5, 0.6) is 5.75 Å². The summed E-state index contributed by atoms with van der Waals surface area (Å²) in [6, 6.07) is 3.66. The Kier molecular flexibility index (Phi) is 5.97. The summed E-state index contributed by atoms with van der Waals surface area (Å²) in [5.41, 5.74) is -0.00989. The van der Waals surface area contributed by atoms with Crippen LogP contribution in [0, 0.1) is 5.92 Å². The summed E-state index contributed by atoms with van der Waals surface area (Å²) in [6.45, 7) is 1.79. The van der Waals surface area contributed by atoms with Gasteiger partial charge in [-0.25, -0.2) is 4.79 Å². The molecule has 3 N–H and O–H groups in total. The van der Waals surface area contributed by atoms with E-state index in [0.717, 1.165) is 13.0 Å². The number of benzene rings is 1. The van der Waals surface area contributed by atoms with E-state index in [1.54, 1.807) is 4.90 Å². The molecule has 1 aliphatic heterocycles. The number of aromatic hydroxyl groups is 1. The standard InChI is InChI=1S/C17H23N3O5/c1-19(2)6-3-7-20-10-12(9-15(20)22)16(23)18-13-8-11(17(24)25)4-5-14(13)21/h4-5,8,12,21H,3,6-7,9-10H2,1-2H3,(H,18,23)(H,24,25). The van der Waals surface area contributed by atoms with Gasteiger partial charge in [-0.15, -0.1) is 0 Å². The third kappa shape index (κ3) is 4.93. The van der Waals surface area contributed by atoms with Crippen molar-refractivity contribution >= 4 is 23.5 Å². The molecule has 1 unspecified atom stereocenters. The molecule has 1 saturated heterocycles. The maximum absolute atomic E-state index is 12.4. The molecule has 0 aliphatic carbocycles. The third-order valence-corrected chi connectivity index (χ3v) is 4.12. The molecular formula is C17H23N3O5. The van der Waals surface area contributed by atoms with Gasteiger partial charge in [0.25, 0.3) is 0 Å². The lowest BCUT2D eigenvalue weighted by atomic mass is 10.1. The molecule has 8 heteroatoms. The first-order valence-corrected chi connectivity index (χ1v) is 8.07. The number of nitrogens with zero attached hydrogens (tertiary/aromatic N) is 2. The van der Waals surface area contributed by atoms with Crippen LogP contribution < -0.4 is 5.32 Å². The molecule has 1 aromatic carbocycles. The average Bonchev–Trinajstić information content (AvgIpc) is 2.90. The highest BCUT2D eigenvalue weighted by Crippen LogP contribution is 2.26. The van der Waals surface area contributed by atoms with Gasteiger partial charge in [-0.05, 0) is 45.3 Å². The number of anilines is 1. The lowest BCUT2D eigenvalue weighted by molar-refractivity contribution is -0.128. The minimum atomic E-state index is -1.15. The van der Waals surface area contributed by atoms with Crippen LogP contribution in [0.4, 0.5) is 5.69 Å². The highest BCUT2D eigenvalue weighted by molar-refractivity contribution is 5.99. The van der Waals surface area contributed by atoms with E-state index in [2.05, 4.69) is 5.32 Å². The summed E-state index contributed by atoms with van der Waals surface area (Å²) >= 11 is 0. The van der Waals surface area contributed by atoms with Gasteiger partial charge in [-0.3, -0.25) is 9.59 Å². The summed E-state index contributed by atoms with van der Waals surface area (Å²) in [4.78, 5) is 39.1. The van der Waals surface area contributed by atoms with E-state index in [1.165, 1.54) is 18.2 Å². The largest absolute Gasteiger partial charge is 0.506 e. The summed E-state index contributed by atoms with van der Waals surface area (Å²) < 4.78 is 0. The van der Waals surface area contributed by atoms with Crippen LogP contribution in [-0.2, 0) is 9.59 Å². The highest BCUT2D eigenvalue weighted by atomic mass is 16.4. The predicted octanol–water partition coefficient (Wildman–Crippen LogP) is 0.829. The molecule has 2 amide bonds. The molecule has 0 spiro atoms. The maximum Gasteiger partial charge on any atom is 0.335 e. The molecule has 8 nitrogen and oxygen atoms in total. The van der Waals surface area contributed by atoms with Crippen molar-refractivity contribution in [2.45, 2.75) is 12.8 Å². The summed E-state index contributed by atoms with van der Waals surface area (Å²) in [7, 11) is 3.92. The zero-order chi connectivity index (χ0) is 18.6. The number of likely N-dealkylation sites (tertiary alicyclic amines) is 1. The topological polar surface area (TPSA) is 110 Å². The summed E-state index contributed by atoms with van der Waals surface area (Å²) in [5, 5.41) is 21.3. The molecule has 0 bridgehead atoms. The van der Waals surface area contributed by atoms with Crippen LogP contribution in [0.1, 0.15) is 23.2 Å². The predicted molar refractivity (Wildman–Crippen MR) is 91.6 cm³/mol. The number of aromatic carboxylic acids is 1. The van der Waals surface area contributed by atoms with Crippen LogP contribution in [0.2, 0.25) is 0 Å². The van der Waals surface area contributed by atoms with Crippen molar-refractivity contribution < 1.29 is 24.6 Å². The van der Waals surface area contributed by atoms with Gasteiger partial charge in [-0.1, -0.05) is 0 Å². The van der Waals surface area contributed by atoms with Crippen molar-refractivity contribution in [1.82, 2.24) is 9.80 Å². The number of hydrogen-bond acceptors (Lipinski definition) is 5. The van der Waals surface area contributed by atoms with E-state index >= 15 is 0 Å². The first-order chi connectivity index (χ1) is 11.8. The molecule has 1 aliphatic rings. The monoisotopic (exact) mass is 349 g/mol. The van der Waals surface area contributed by atoms with E-state index < -0.39 is 17.8 Å². The SMILES string of the molecule is CN(C)CCCN1CC(C(=O)Nc2cc(C(=O)O)ccc2O)CC1=O. The van der Waals surface area contributed by atoms with Gasteiger partial charge in [0.15, 0.2) is 0 Å². The molecule has 1 aromatic rings. The van der Waals surface area contributed by atoms with Gasteiger partial charge >= 0.3 is 5.97 Å². The Morgan fingerprint density at radius 1 is 1.36 bits per heavy atom. The number of nitrogens with one attached hydrogen (secondary N) is 1. The molecule has 136 valence electrons. The van der Waals surface area contributed by atoms with E-state index in [4.69, 9.17) is 5.11 Å². The highest BCUT2D eigenvalue weighted by Gasteiger charge is 2.34. The number of phenolic OH excluding ortho intramolecular Hbond substituents is 1. The van der Waals surface area contributed by atoms with Crippen LogP contribution in [0.3, 0.4) is 0 Å². The number of amides is 2. The fourth-order valence-corrected chi connectivity index (χ4v) is 2.75. The third-order valence-electron chi connectivity index (χ3n) is 4.12. The zero-order valence-electron chi connectivity index (χ0n) is 14.4. The van der Waals surface area contributed by atoms with Crippen LogP contribution in [0.15, 0.2) is 18.2 Å². The quantitative estimate of drug-likeness (QED) is 0.629. The second-order valence-electron chi connectivity index (χ2n) is 6.42. The molecule has 0 saturated carbocycles. The number of phenols is 1. The fraction of sp³-hybridized carbons (Fsp3) is 0.471. The van der Waals surface area contributed by atoms with Gasteiger partial charge in [0.1, 0.15) is 5.75 Å². The second-order valence-corrected chi connectivity index (χ2v) is 6.42. The lowest BCUT2D eigenvalue weighted by Crippen LogP contribution is -2.30.